The number of thiophene rings is 2. The molecule has 0 fully saturated rings. The van der Waals surface area contributed by atoms with Gasteiger partial charge in [-0.2, -0.15) is 0 Å². The predicted octanol–water partition coefficient (Wildman–Crippen LogP) is 12.8. The average Bonchev–Trinajstić information content (AvgIpc) is 3.85. The average molecular weight is 660 g/mol. The van der Waals surface area contributed by atoms with Gasteiger partial charge in [0, 0.05) is 58.5 Å². The number of fused-ring (bicyclic) bond motifs is 13. The summed E-state index contributed by atoms with van der Waals surface area (Å²) in [5, 5.41) is 10.1. The third kappa shape index (κ3) is 3.88. The quantitative estimate of drug-likeness (QED) is 0.189. The van der Waals surface area contributed by atoms with Crippen molar-refractivity contribution in [3.63, 3.8) is 0 Å². The summed E-state index contributed by atoms with van der Waals surface area (Å²) in [4.78, 5) is 11.4. The molecular formula is C44H25N3S2. The van der Waals surface area contributed by atoms with Crippen LogP contribution in [-0.2, 0) is 0 Å². The molecule has 49 heavy (non-hydrogen) atoms. The number of aromatic nitrogens is 3. The molecule has 228 valence electrons. The second kappa shape index (κ2) is 10.3. The Kier molecular flexibility index (Phi) is 5.70. The molecule has 0 aliphatic rings. The van der Waals surface area contributed by atoms with Crippen LogP contribution < -0.4 is 0 Å². The third-order valence-electron chi connectivity index (χ3n) is 9.80. The Morgan fingerprint density at radius 2 is 1.06 bits per heavy atom. The number of benzene rings is 7. The highest BCUT2D eigenvalue weighted by Gasteiger charge is 2.22. The summed E-state index contributed by atoms with van der Waals surface area (Å²) < 4.78 is 6.33. The molecule has 0 bridgehead atoms. The fourth-order valence-corrected chi connectivity index (χ4v) is 10.1. The molecule has 0 N–H and O–H groups in total. The van der Waals surface area contributed by atoms with Crippen LogP contribution in [0.25, 0.3) is 101 Å². The summed E-state index contributed by atoms with van der Waals surface area (Å²) in [6, 6.07) is 54.5. The van der Waals surface area contributed by atoms with Crippen molar-refractivity contribution in [3.05, 3.63) is 152 Å². The Morgan fingerprint density at radius 1 is 0.449 bits per heavy atom. The molecule has 0 spiro atoms. The molecule has 0 saturated carbocycles. The van der Waals surface area contributed by atoms with Gasteiger partial charge in [0.05, 0.1) is 21.4 Å². The van der Waals surface area contributed by atoms with Gasteiger partial charge >= 0.3 is 0 Å². The first-order chi connectivity index (χ1) is 24.3. The lowest BCUT2D eigenvalue weighted by molar-refractivity contribution is 1.18. The maximum Gasteiger partial charge on any atom is 0.161 e. The summed E-state index contributed by atoms with van der Waals surface area (Å²) in [5.41, 5.74) is 6.62. The van der Waals surface area contributed by atoms with E-state index in [1.54, 1.807) is 11.3 Å². The molecule has 4 heterocycles. The highest BCUT2D eigenvalue weighted by atomic mass is 32.1. The Bertz CT molecular complexity index is 3110. The van der Waals surface area contributed by atoms with Crippen molar-refractivity contribution in [2.75, 3.05) is 0 Å². The van der Waals surface area contributed by atoms with Gasteiger partial charge in [0.15, 0.2) is 5.82 Å². The normalized spacial score (nSPS) is 12.1. The van der Waals surface area contributed by atoms with Crippen molar-refractivity contribution in [2.24, 2.45) is 0 Å². The van der Waals surface area contributed by atoms with Crippen LogP contribution in [0.4, 0.5) is 0 Å². The first kappa shape index (κ1) is 27.1. The van der Waals surface area contributed by atoms with Crippen molar-refractivity contribution in [1.82, 2.24) is 14.5 Å². The lowest BCUT2D eigenvalue weighted by Gasteiger charge is -2.13. The largest absolute Gasteiger partial charge is 0.308 e. The lowest BCUT2D eigenvalue weighted by Crippen LogP contribution is -1.97. The fourth-order valence-electron chi connectivity index (χ4n) is 7.74. The van der Waals surface area contributed by atoms with Crippen LogP contribution in [0.5, 0.6) is 0 Å². The first-order valence-electron chi connectivity index (χ1n) is 16.4. The summed E-state index contributed by atoms with van der Waals surface area (Å²) in [7, 11) is 0. The van der Waals surface area contributed by atoms with E-state index in [1.165, 1.54) is 62.8 Å². The lowest BCUT2D eigenvalue weighted by atomic mass is 9.99. The van der Waals surface area contributed by atoms with Crippen LogP contribution in [0.3, 0.4) is 0 Å². The van der Waals surface area contributed by atoms with E-state index >= 15 is 0 Å². The van der Waals surface area contributed by atoms with Crippen LogP contribution in [0.2, 0.25) is 0 Å². The van der Waals surface area contributed by atoms with Gasteiger partial charge in [-0.25, -0.2) is 9.97 Å². The summed E-state index contributed by atoms with van der Waals surface area (Å²) >= 11 is 3.63. The van der Waals surface area contributed by atoms with E-state index in [0.717, 1.165) is 38.5 Å². The molecule has 0 aliphatic heterocycles. The zero-order valence-electron chi connectivity index (χ0n) is 26.1. The standard InChI is InChI=1S/C44H25N3S2/c1-2-13-26(14-3-1)43-45-40(39-33-21-8-11-24-36(33)49-44(39)46-43)27-15-12-16-28(25-27)47-34-22-9-6-19-31(34)37-29-17-4-5-18-30(29)38-32-20-7-10-23-35(32)48-42(38)41(37)47/h1-25H. The zero-order valence-corrected chi connectivity index (χ0v) is 27.7. The van der Waals surface area contributed by atoms with Crippen molar-refractivity contribution < 1.29 is 0 Å². The minimum absolute atomic E-state index is 0.746. The van der Waals surface area contributed by atoms with E-state index in [0.29, 0.717) is 0 Å². The summed E-state index contributed by atoms with van der Waals surface area (Å²) in [6.45, 7) is 0. The van der Waals surface area contributed by atoms with E-state index in [-0.39, 0.29) is 0 Å². The van der Waals surface area contributed by atoms with Crippen molar-refractivity contribution in [3.8, 4) is 28.3 Å². The van der Waals surface area contributed by atoms with Gasteiger partial charge in [-0.15, -0.1) is 22.7 Å². The molecule has 0 amide bonds. The number of para-hydroxylation sites is 1. The van der Waals surface area contributed by atoms with Gasteiger partial charge in [0.25, 0.3) is 0 Å². The maximum absolute atomic E-state index is 5.32. The van der Waals surface area contributed by atoms with Crippen LogP contribution in [-0.4, -0.2) is 14.5 Å². The van der Waals surface area contributed by atoms with Crippen molar-refractivity contribution >= 4 is 95.7 Å². The first-order valence-corrected chi connectivity index (χ1v) is 18.1. The minimum atomic E-state index is 0.746. The van der Waals surface area contributed by atoms with Crippen LogP contribution in [0.1, 0.15) is 0 Å². The number of hydrogen-bond acceptors (Lipinski definition) is 4. The van der Waals surface area contributed by atoms with Crippen molar-refractivity contribution in [2.45, 2.75) is 0 Å². The molecule has 5 heteroatoms. The van der Waals surface area contributed by atoms with E-state index in [4.69, 9.17) is 9.97 Å². The maximum atomic E-state index is 5.32. The molecule has 0 saturated heterocycles. The van der Waals surface area contributed by atoms with Gasteiger partial charge in [-0.05, 0) is 41.1 Å². The number of nitrogens with zero attached hydrogens (tertiary/aromatic N) is 3. The van der Waals surface area contributed by atoms with E-state index in [1.807, 2.05) is 17.4 Å². The molecule has 3 nitrogen and oxygen atoms in total. The number of rotatable bonds is 3. The molecule has 0 aliphatic carbocycles. The molecule has 11 aromatic rings. The second-order valence-electron chi connectivity index (χ2n) is 12.5. The highest BCUT2D eigenvalue weighted by molar-refractivity contribution is 7.27. The topological polar surface area (TPSA) is 30.7 Å². The van der Waals surface area contributed by atoms with Gasteiger partial charge in [-0.3, -0.25) is 0 Å². The van der Waals surface area contributed by atoms with Gasteiger partial charge in [0.2, 0.25) is 0 Å². The van der Waals surface area contributed by atoms with Gasteiger partial charge < -0.3 is 4.57 Å². The van der Waals surface area contributed by atoms with E-state index in [9.17, 15) is 0 Å². The molecular weight excluding hydrogens is 635 g/mol. The monoisotopic (exact) mass is 659 g/mol. The second-order valence-corrected chi connectivity index (χ2v) is 14.6. The highest BCUT2D eigenvalue weighted by Crippen LogP contribution is 2.48. The summed E-state index contributed by atoms with van der Waals surface area (Å²) in [6.07, 6.45) is 0. The predicted molar refractivity (Wildman–Crippen MR) is 211 cm³/mol. The Labute approximate surface area is 289 Å². The molecule has 11 rings (SSSR count). The third-order valence-corrected chi connectivity index (χ3v) is 12.0. The van der Waals surface area contributed by atoms with E-state index < -0.39 is 0 Å². The molecule has 0 atom stereocenters. The fraction of sp³-hybridized carbons (Fsp3) is 0. The molecule has 0 radical (unpaired) electrons. The molecule has 0 unspecified atom stereocenters. The van der Waals surface area contributed by atoms with Crippen LogP contribution >= 0.6 is 22.7 Å². The van der Waals surface area contributed by atoms with Crippen LogP contribution in [0, 0.1) is 0 Å². The molecule has 4 aromatic heterocycles. The Morgan fingerprint density at radius 3 is 1.86 bits per heavy atom. The molecule has 7 aromatic carbocycles. The number of hydrogen-bond donors (Lipinski definition) is 0. The van der Waals surface area contributed by atoms with Crippen LogP contribution in [0.15, 0.2) is 152 Å². The zero-order chi connectivity index (χ0) is 32.1. The van der Waals surface area contributed by atoms with Crippen molar-refractivity contribution in [1.29, 1.82) is 0 Å². The Hall–Kier alpha value is -5.88. The summed E-state index contributed by atoms with van der Waals surface area (Å²) in [5.74, 6) is 0.746. The Balaban J connectivity index is 1.26. The SMILES string of the molecule is c1ccc(-c2nc(-c3cccc(-n4c5ccccc5c5c6ccccc6c6c7ccccc7sc6c54)c3)c3c(n2)sc2ccccc23)cc1. The van der Waals surface area contributed by atoms with Gasteiger partial charge in [-0.1, -0.05) is 121 Å². The van der Waals surface area contributed by atoms with Gasteiger partial charge in [0.1, 0.15) is 4.83 Å². The smallest absolute Gasteiger partial charge is 0.161 e. The minimum Gasteiger partial charge on any atom is -0.308 e. The van der Waals surface area contributed by atoms with E-state index in [2.05, 4.69) is 150 Å².